The fourth-order valence-corrected chi connectivity index (χ4v) is 1.67. The molecule has 0 saturated heterocycles. The van der Waals surface area contributed by atoms with Gasteiger partial charge in [0, 0.05) is 5.56 Å². The van der Waals surface area contributed by atoms with Crippen LogP contribution in [0.25, 0.3) is 0 Å². The standard InChI is InChI=1S/C12H15ClO2/c1-8(2)11(14)10(13)12(15)9-6-4-3-5-7-9/h3-8,10-11,14H,1-2H3/t10-,11+/m0/s1. The first-order valence-corrected chi connectivity index (χ1v) is 5.39. The predicted molar refractivity (Wildman–Crippen MR) is 61.3 cm³/mol. The zero-order valence-corrected chi connectivity index (χ0v) is 9.61. The van der Waals surface area contributed by atoms with Crippen molar-refractivity contribution >= 4 is 17.4 Å². The van der Waals surface area contributed by atoms with Crippen LogP contribution < -0.4 is 0 Å². The number of aliphatic hydroxyl groups is 1. The number of benzene rings is 1. The molecule has 0 aliphatic heterocycles. The third-order valence-electron chi connectivity index (χ3n) is 2.29. The molecule has 15 heavy (non-hydrogen) atoms. The van der Waals surface area contributed by atoms with Gasteiger partial charge in [-0.1, -0.05) is 44.2 Å². The number of aliphatic hydroxyl groups excluding tert-OH is 1. The minimum atomic E-state index is -0.868. The Kier molecular flexibility index (Phi) is 4.30. The van der Waals surface area contributed by atoms with Crippen LogP contribution in [0.4, 0.5) is 0 Å². The summed E-state index contributed by atoms with van der Waals surface area (Å²) >= 11 is 5.91. The van der Waals surface area contributed by atoms with Gasteiger partial charge >= 0.3 is 0 Å². The van der Waals surface area contributed by atoms with Crippen molar-refractivity contribution in [2.24, 2.45) is 5.92 Å². The summed E-state index contributed by atoms with van der Waals surface area (Å²) in [5.74, 6) is -0.251. The van der Waals surface area contributed by atoms with E-state index in [1.165, 1.54) is 0 Å². The van der Waals surface area contributed by atoms with Crippen molar-refractivity contribution in [1.29, 1.82) is 0 Å². The lowest BCUT2D eigenvalue weighted by Gasteiger charge is -2.19. The largest absolute Gasteiger partial charge is 0.391 e. The van der Waals surface area contributed by atoms with Gasteiger partial charge in [-0.2, -0.15) is 0 Å². The van der Waals surface area contributed by atoms with Gasteiger partial charge in [-0.15, -0.1) is 11.6 Å². The van der Waals surface area contributed by atoms with E-state index in [1.807, 2.05) is 19.9 Å². The molecule has 0 saturated carbocycles. The van der Waals surface area contributed by atoms with Crippen LogP contribution in [-0.2, 0) is 0 Å². The summed E-state index contributed by atoms with van der Waals surface area (Å²) in [5, 5.41) is 8.81. The van der Waals surface area contributed by atoms with Crippen molar-refractivity contribution in [2.75, 3.05) is 0 Å². The Morgan fingerprint density at radius 2 is 1.80 bits per heavy atom. The van der Waals surface area contributed by atoms with Crippen LogP contribution in [-0.4, -0.2) is 22.4 Å². The first-order chi connectivity index (χ1) is 7.04. The quantitative estimate of drug-likeness (QED) is 0.633. The van der Waals surface area contributed by atoms with Crippen LogP contribution >= 0.6 is 11.6 Å². The van der Waals surface area contributed by atoms with E-state index >= 15 is 0 Å². The molecule has 0 bridgehead atoms. The molecule has 1 N–H and O–H groups in total. The molecule has 2 atom stereocenters. The van der Waals surface area contributed by atoms with E-state index in [4.69, 9.17) is 11.6 Å². The fourth-order valence-electron chi connectivity index (χ4n) is 1.25. The Balaban J connectivity index is 2.78. The molecule has 0 heterocycles. The highest BCUT2D eigenvalue weighted by molar-refractivity contribution is 6.34. The Morgan fingerprint density at radius 1 is 1.27 bits per heavy atom. The number of carbonyl (C=O) groups is 1. The highest BCUT2D eigenvalue weighted by Gasteiger charge is 2.27. The van der Waals surface area contributed by atoms with Gasteiger partial charge in [-0.3, -0.25) is 4.79 Å². The third kappa shape index (κ3) is 3.05. The number of Topliss-reactive ketones (excluding diaryl/α,β-unsaturated/α-hetero) is 1. The summed E-state index contributed by atoms with van der Waals surface area (Å²) in [7, 11) is 0. The summed E-state index contributed by atoms with van der Waals surface area (Å²) in [6.45, 7) is 3.66. The molecule has 1 aromatic rings. The molecule has 0 amide bonds. The van der Waals surface area contributed by atoms with E-state index in [1.54, 1.807) is 24.3 Å². The van der Waals surface area contributed by atoms with Gasteiger partial charge in [0.1, 0.15) is 5.38 Å². The van der Waals surface area contributed by atoms with Gasteiger partial charge in [0.05, 0.1) is 6.10 Å². The second-order valence-electron chi connectivity index (χ2n) is 3.87. The zero-order valence-electron chi connectivity index (χ0n) is 8.85. The molecule has 3 heteroatoms. The van der Waals surface area contributed by atoms with Crippen molar-refractivity contribution < 1.29 is 9.90 Å². The predicted octanol–water partition coefficient (Wildman–Crippen LogP) is 2.49. The average Bonchev–Trinajstić information content (AvgIpc) is 2.27. The van der Waals surface area contributed by atoms with Gasteiger partial charge in [0.25, 0.3) is 0 Å². The van der Waals surface area contributed by atoms with Gasteiger partial charge < -0.3 is 5.11 Å². The van der Waals surface area contributed by atoms with Crippen LogP contribution in [0.1, 0.15) is 24.2 Å². The number of rotatable bonds is 4. The van der Waals surface area contributed by atoms with Gasteiger partial charge in [-0.05, 0) is 5.92 Å². The minimum Gasteiger partial charge on any atom is -0.391 e. The van der Waals surface area contributed by atoms with Crippen LogP contribution in [0, 0.1) is 5.92 Å². The maximum Gasteiger partial charge on any atom is 0.183 e. The maximum atomic E-state index is 11.8. The molecule has 1 rings (SSSR count). The second-order valence-corrected chi connectivity index (χ2v) is 4.34. The normalized spacial score (nSPS) is 15.0. The van der Waals surface area contributed by atoms with E-state index in [-0.39, 0.29) is 11.7 Å². The smallest absolute Gasteiger partial charge is 0.183 e. The number of halogens is 1. The van der Waals surface area contributed by atoms with Crippen molar-refractivity contribution in [3.63, 3.8) is 0 Å². The van der Waals surface area contributed by atoms with Crippen molar-refractivity contribution in [3.8, 4) is 0 Å². The maximum absolute atomic E-state index is 11.8. The highest BCUT2D eigenvalue weighted by Crippen LogP contribution is 2.17. The molecule has 82 valence electrons. The van der Waals surface area contributed by atoms with E-state index < -0.39 is 11.5 Å². The van der Waals surface area contributed by atoms with Gasteiger partial charge in [0.15, 0.2) is 5.78 Å². The summed E-state index contributed by atoms with van der Waals surface area (Å²) in [4.78, 5) is 11.8. The topological polar surface area (TPSA) is 37.3 Å². The lowest BCUT2D eigenvalue weighted by atomic mass is 9.98. The molecule has 0 spiro atoms. The lowest BCUT2D eigenvalue weighted by Crippen LogP contribution is -2.33. The van der Waals surface area contributed by atoms with E-state index in [2.05, 4.69) is 0 Å². The lowest BCUT2D eigenvalue weighted by molar-refractivity contribution is 0.0807. The first-order valence-electron chi connectivity index (χ1n) is 4.95. The molecule has 0 radical (unpaired) electrons. The van der Waals surface area contributed by atoms with Crippen LogP contribution in [0.2, 0.25) is 0 Å². The van der Waals surface area contributed by atoms with Crippen molar-refractivity contribution in [1.82, 2.24) is 0 Å². The molecule has 2 nitrogen and oxygen atoms in total. The molecule has 0 aromatic heterocycles. The number of hydrogen-bond acceptors (Lipinski definition) is 2. The van der Waals surface area contributed by atoms with Gasteiger partial charge in [-0.25, -0.2) is 0 Å². The summed E-state index contributed by atoms with van der Waals surface area (Å²) in [5.41, 5.74) is 0.539. The molecule has 1 aromatic carbocycles. The molecular weight excluding hydrogens is 212 g/mol. The molecular formula is C12H15ClO2. The Morgan fingerprint density at radius 3 is 2.27 bits per heavy atom. The summed E-state index contributed by atoms with van der Waals surface area (Å²) in [6, 6.07) is 8.78. The molecule has 0 aliphatic carbocycles. The molecule has 0 unspecified atom stereocenters. The van der Waals surface area contributed by atoms with Crippen LogP contribution in [0.3, 0.4) is 0 Å². The second kappa shape index (κ2) is 5.29. The number of alkyl halides is 1. The first kappa shape index (κ1) is 12.2. The number of ketones is 1. The monoisotopic (exact) mass is 226 g/mol. The summed E-state index contributed by atoms with van der Waals surface area (Å²) in [6.07, 6.45) is -0.806. The number of hydrogen-bond donors (Lipinski definition) is 1. The Hall–Kier alpha value is -0.860. The third-order valence-corrected chi connectivity index (χ3v) is 2.75. The van der Waals surface area contributed by atoms with Crippen molar-refractivity contribution in [3.05, 3.63) is 35.9 Å². The van der Waals surface area contributed by atoms with Crippen molar-refractivity contribution in [2.45, 2.75) is 25.3 Å². The zero-order chi connectivity index (χ0) is 11.4. The molecule has 0 fully saturated rings. The Bertz CT molecular complexity index is 322. The SMILES string of the molecule is CC(C)[C@@H](O)[C@H](Cl)C(=O)c1ccccc1. The highest BCUT2D eigenvalue weighted by atomic mass is 35.5. The molecule has 0 aliphatic rings. The van der Waals surface area contributed by atoms with E-state index in [0.717, 1.165) is 0 Å². The number of carbonyl (C=O) groups excluding carboxylic acids is 1. The van der Waals surface area contributed by atoms with E-state index in [0.29, 0.717) is 5.56 Å². The average molecular weight is 227 g/mol. The Labute approximate surface area is 94.9 Å². The van der Waals surface area contributed by atoms with E-state index in [9.17, 15) is 9.90 Å². The minimum absolute atomic E-state index is 0.0276. The van der Waals surface area contributed by atoms with Crippen LogP contribution in [0.15, 0.2) is 30.3 Å². The summed E-state index contributed by atoms with van der Waals surface area (Å²) < 4.78 is 0. The fraction of sp³-hybridized carbons (Fsp3) is 0.417. The van der Waals surface area contributed by atoms with Gasteiger partial charge in [0.2, 0.25) is 0 Å². The van der Waals surface area contributed by atoms with Crippen LogP contribution in [0.5, 0.6) is 0 Å².